The highest BCUT2D eigenvalue weighted by Crippen LogP contribution is 2.18. The third-order valence-corrected chi connectivity index (χ3v) is 3.44. The molecule has 1 aromatic rings. The van der Waals surface area contributed by atoms with Gasteiger partial charge in [0.15, 0.2) is 0 Å². The molecule has 102 valence electrons. The lowest BCUT2D eigenvalue weighted by Gasteiger charge is -2.10. The maximum atomic E-state index is 13.2. The molecule has 0 aliphatic heterocycles. The Hall–Kier alpha value is -0.890. The fourth-order valence-electron chi connectivity index (χ4n) is 2.42. The smallest absolute Gasteiger partial charge is 0.123 e. The van der Waals surface area contributed by atoms with Gasteiger partial charge >= 0.3 is 0 Å². The first kappa shape index (κ1) is 15.2. The predicted octanol–water partition coefficient (Wildman–Crippen LogP) is 4.15. The summed E-state index contributed by atoms with van der Waals surface area (Å²) in [7, 11) is 0. The van der Waals surface area contributed by atoms with Crippen molar-refractivity contribution >= 4 is 0 Å². The third kappa shape index (κ3) is 5.18. The molecule has 0 bridgehead atoms. The molecule has 0 unspecified atom stereocenters. The number of nitrogens with one attached hydrogen (secondary N) is 1. The Balaban J connectivity index is 2.27. The molecule has 1 aromatic carbocycles. The van der Waals surface area contributed by atoms with Gasteiger partial charge in [0.1, 0.15) is 5.82 Å². The molecular weight excluding hydrogens is 225 g/mol. The lowest BCUT2D eigenvalue weighted by molar-refractivity contribution is 0.595. The summed E-state index contributed by atoms with van der Waals surface area (Å²) in [5, 5.41) is 3.34. The van der Waals surface area contributed by atoms with E-state index in [0.29, 0.717) is 0 Å². The average Bonchev–Trinajstić information content (AvgIpc) is 2.30. The van der Waals surface area contributed by atoms with Gasteiger partial charge in [-0.3, -0.25) is 0 Å². The van der Waals surface area contributed by atoms with E-state index in [4.69, 9.17) is 0 Å². The summed E-state index contributed by atoms with van der Waals surface area (Å²) in [6.45, 7) is 8.35. The first-order valence-electron chi connectivity index (χ1n) is 7.11. The molecule has 0 heterocycles. The van der Waals surface area contributed by atoms with Crippen LogP contribution in [0.25, 0.3) is 0 Å². The second-order valence-corrected chi connectivity index (χ2v) is 5.04. The zero-order chi connectivity index (χ0) is 13.4. The normalized spacial score (nSPS) is 10.9. The van der Waals surface area contributed by atoms with E-state index in [1.807, 2.05) is 13.8 Å². The molecule has 0 radical (unpaired) electrons. The molecule has 0 spiro atoms. The lowest BCUT2D eigenvalue weighted by Crippen LogP contribution is -2.13. The Kier molecular flexibility index (Phi) is 6.96. The van der Waals surface area contributed by atoms with E-state index >= 15 is 0 Å². The number of halogens is 1. The molecule has 0 amide bonds. The number of benzene rings is 1. The molecule has 1 nitrogen and oxygen atoms in total. The zero-order valence-electron chi connectivity index (χ0n) is 12.0. The van der Waals surface area contributed by atoms with E-state index < -0.39 is 0 Å². The Bertz CT molecular complexity index is 337. The second kappa shape index (κ2) is 8.25. The van der Waals surface area contributed by atoms with Gasteiger partial charge in [-0.1, -0.05) is 19.8 Å². The Morgan fingerprint density at radius 1 is 1.00 bits per heavy atom. The zero-order valence-corrected chi connectivity index (χ0v) is 12.0. The molecule has 1 N–H and O–H groups in total. The first-order valence-corrected chi connectivity index (χ1v) is 7.11. The summed E-state index contributed by atoms with van der Waals surface area (Å²) in [6, 6.07) is 3.29. The van der Waals surface area contributed by atoms with Crippen LogP contribution >= 0.6 is 0 Å². The van der Waals surface area contributed by atoms with Crippen LogP contribution in [0.2, 0.25) is 0 Å². The molecular formula is C16H26FN. The maximum absolute atomic E-state index is 13.2. The highest BCUT2D eigenvalue weighted by molar-refractivity contribution is 5.34. The van der Waals surface area contributed by atoms with Gasteiger partial charge in [0, 0.05) is 0 Å². The summed E-state index contributed by atoms with van der Waals surface area (Å²) in [4.78, 5) is 0. The molecule has 2 heteroatoms. The van der Waals surface area contributed by atoms with E-state index in [1.54, 1.807) is 12.1 Å². The largest absolute Gasteiger partial charge is 0.317 e. The number of rotatable bonds is 8. The maximum Gasteiger partial charge on any atom is 0.123 e. The van der Waals surface area contributed by atoms with Gasteiger partial charge in [0.25, 0.3) is 0 Å². The third-order valence-electron chi connectivity index (χ3n) is 3.44. The van der Waals surface area contributed by atoms with Crippen molar-refractivity contribution in [3.63, 3.8) is 0 Å². The average molecular weight is 251 g/mol. The Labute approximate surface area is 111 Å². The minimum absolute atomic E-state index is 0.112. The Morgan fingerprint density at radius 3 is 2.22 bits per heavy atom. The summed E-state index contributed by atoms with van der Waals surface area (Å²) >= 11 is 0. The molecule has 0 fully saturated rings. The quantitative estimate of drug-likeness (QED) is 0.684. The van der Waals surface area contributed by atoms with Gasteiger partial charge < -0.3 is 5.32 Å². The van der Waals surface area contributed by atoms with Crippen molar-refractivity contribution < 1.29 is 4.39 Å². The highest BCUT2D eigenvalue weighted by Gasteiger charge is 2.04. The summed E-state index contributed by atoms with van der Waals surface area (Å²) in [5.74, 6) is -0.112. The van der Waals surface area contributed by atoms with E-state index in [1.165, 1.54) is 31.2 Å². The fraction of sp³-hybridized carbons (Fsp3) is 0.625. The van der Waals surface area contributed by atoms with Crippen LogP contribution < -0.4 is 5.32 Å². The molecule has 1 rings (SSSR count). The molecule has 0 saturated carbocycles. The topological polar surface area (TPSA) is 12.0 Å². The minimum atomic E-state index is -0.112. The van der Waals surface area contributed by atoms with Crippen LogP contribution in [0.3, 0.4) is 0 Å². The highest BCUT2D eigenvalue weighted by atomic mass is 19.1. The molecule has 0 aliphatic rings. The van der Waals surface area contributed by atoms with Gasteiger partial charge in [-0.15, -0.1) is 0 Å². The van der Waals surface area contributed by atoms with Crippen LogP contribution in [0.1, 0.15) is 49.3 Å². The lowest BCUT2D eigenvalue weighted by atomic mass is 9.97. The van der Waals surface area contributed by atoms with Crippen molar-refractivity contribution in [2.45, 2.75) is 52.9 Å². The van der Waals surface area contributed by atoms with Crippen molar-refractivity contribution in [1.82, 2.24) is 5.32 Å². The van der Waals surface area contributed by atoms with Crippen LogP contribution in [0.4, 0.5) is 4.39 Å². The summed E-state index contributed by atoms with van der Waals surface area (Å²) < 4.78 is 13.2. The molecule has 0 aromatic heterocycles. The van der Waals surface area contributed by atoms with Crippen molar-refractivity contribution in [1.29, 1.82) is 0 Å². The minimum Gasteiger partial charge on any atom is -0.317 e. The predicted molar refractivity (Wildman–Crippen MR) is 76.6 cm³/mol. The van der Waals surface area contributed by atoms with Crippen LogP contribution in [-0.4, -0.2) is 13.1 Å². The molecule has 18 heavy (non-hydrogen) atoms. The Morgan fingerprint density at radius 2 is 1.61 bits per heavy atom. The van der Waals surface area contributed by atoms with E-state index in [-0.39, 0.29) is 5.82 Å². The monoisotopic (exact) mass is 251 g/mol. The second-order valence-electron chi connectivity index (χ2n) is 5.04. The van der Waals surface area contributed by atoms with Crippen molar-refractivity contribution in [3.8, 4) is 0 Å². The fourth-order valence-corrected chi connectivity index (χ4v) is 2.42. The van der Waals surface area contributed by atoms with Crippen LogP contribution in [0.5, 0.6) is 0 Å². The van der Waals surface area contributed by atoms with Gasteiger partial charge in [-0.25, -0.2) is 4.39 Å². The van der Waals surface area contributed by atoms with Gasteiger partial charge in [0.05, 0.1) is 0 Å². The summed E-state index contributed by atoms with van der Waals surface area (Å²) in [6.07, 6.45) is 6.10. The van der Waals surface area contributed by atoms with E-state index in [2.05, 4.69) is 12.2 Å². The van der Waals surface area contributed by atoms with Gasteiger partial charge in [-0.05, 0) is 75.0 Å². The molecule has 0 aliphatic carbocycles. The van der Waals surface area contributed by atoms with Crippen molar-refractivity contribution in [2.75, 3.05) is 13.1 Å². The SMILES string of the molecule is CCNCCCCCCc1c(C)cc(F)cc1C. The van der Waals surface area contributed by atoms with Gasteiger partial charge in [0.2, 0.25) is 0 Å². The number of hydrogen-bond donors (Lipinski definition) is 1. The van der Waals surface area contributed by atoms with Crippen molar-refractivity contribution in [3.05, 3.63) is 34.6 Å². The van der Waals surface area contributed by atoms with Gasteiger partial charge in [-0.2, -0.15) is 0 Å². The standard InChI is InChI=1S/C16H26FN/c1-4-18-10-8-6-5-7-9-16-13(2)11-15(17)12-14(16)3/h11-12,18H,4-10H2,1-3H3. The number of unbranched alkanes of at least 4 members (excludes halogenated alkanes) is 3. The van der Waals surface area contributed by atoms with Crippen LogP contribution in [-0.2, 0) is 6.42 Å². The number of aryl methyl sites for hydroxylation is 2. The summed E-state index contributed by atoms with van der Waals surface area (Å²) in [5.41, 5.74) is 3.53. The molecule has 0 saturated heterocycles. The van der Waals surface area contributed by atoms with Crippen LogP contribution in [0, 0.1) is 19.7 Å². The van der Waals surface area contributed by atoms with E-state index in [0.717, 1.165) is 30.6 Å². The van der Waals surface area contributed by atoms with Crippen molar-refractivity contribution in [2.24, 2.45) is 0 Å². The first-order chi connectivity index (χ1) is 8.65. The van der Waals surface area contributed by atoms with Crippen LogP contribution in [0.15, 0.2) is 12.1 Å². The number of hydrogen-bond acceptors (Lipinski definition) is 1. The van der Waals surface area contributed by atoms with E-state index in [9.17, 15) is 4.39 Å². The molecule has 0 atom stereocenters.